The number of nitro groups is 1. The van der Waals surface area contributed by atoms with E-state index in [1.54, 1.807) is 6.07 Å². The highest BCUT2D eigenvalue weighted by atomic mass is 16.6. The van der Waals surface area contributed by atoms with E-state index in [0.717, 1.165) is 37.4 Å². The zero-order chi connectivity index (χ0) is 30.1. The van der Waals surface area contributed by atoms with Gasteiger partial charge in [-0.05, 0) is 47.0 Å². The van der Waals surface area contributed by atoms with E-state index in [4.69, 9.17) is 4.63 Å². The number of anilines is 2. The summed E-state index contributed by atoms with van der Waals surface area (Å²) in [5.74, 6) is -1.79. The van der Waals surface area contributed by atoms with Crippen LogP contribution in [-0.2, 0) is 16.0 Å². The minimum Gasteiger partial charge on any atom is -0.480 e. The highest BCUT2D eigenvalue weighted by Gasteiger charge is 2.22. The average Bonchev–Trinajstić information content (AvgIpc) is 3.47. The second-order valence-electron chi connectivity index (χ2n) is 10.3. The van der Waals surface area contributed by atoms with Crippen molar-refractivity contribution in [1.29, 1.82) is 0 Å². The molecule has 0 spiro atoms. The molecule has 1 unspecified atom stereocenters. The Morgan fingerprint density at radius 1 is 0.952 bits per heavy atom. The molecule has 3 aromatic rings. The number of rotatable bonds is 13. The number of fused-ring (bicyclic) bond motifs is 1. The standard InChI is InChI=1S/C27H36N8O7/c1-2-32-9-11-33(13-14-34(12-10-32)18-25(38)39)17-21(28-16-24(36)37)15-19-3-5-20(6-4-19)29-22-7-8-23(35(40)41)27-26(22)30-42-31-27/h3-8,21,28-29H,2,9-18H2,1H3,(H,36,37)(H,38,39). The molecule has 226 valence electrons. The summed E-state index contributed by atoms with van der Waals surface area (Å²) < 4.78 is 4.73. The number of hydrogen-bond acceptors (Lipinski definition) is 12. The van der Waals surface area contributed by atoms with Crippen LogP contribution in [0.2, 0.25) is 0 Å². The van der Waals surface area contributed by atoms with Crippen molar-refractivity contribution in [3.05, 3.63) is 52.1 Å². The van der Waals surface area contributed by atoms with Crippen LogP contribution >= 0.6 is 0 Å². The number of nitrogens with one attached hydrogen (secondary N) is 2. The fourth-order valence-electron chi connectivity index (χ4n) is 5.04. The zero-order valence-corrected chi connectivity index (χ0v) is 23.4. The summed E-state index contributed by atoms with van der Waals surface area (Å²) >= 11 is 0. The Morgan fingerprint density at radius 3 is 2.21 bits per heavy atom. The summed E-state index contributed by atoms with van der Waals surface area (Å²) in [5, 5.41) is 43.7. The first-order valence-corrected chi connectivity index (χ1v) is 13.8. The number of carbonyl (C=O) groups is 2. The lowest BCUT2D eigenvalue weighted by molar-refractivity contribution is -0.383. The highest BCUT2D eigenvalue weighted by Crippen LogP contribution is 2.30. The van der Waals surface area contributed by atoms with Crippen LogP contribution in [0.15, 0.2) is 41.0 Å². The number of hydrogen-bond donors (Lipinski definition) is 4. The van der Waals surface area contributed by atoms with Gasteiger partial charge in [-0.25, -0.2) is 4.63 Å². The van der Waals surface area contributed by atoms with Gasteiger partial charge in [0.1, 0.15) is 0 Å². The summed E-state index contributed by atoms with van der Waals surface area (Å²) in [6, 6.07) is 10.4. The smallest absolute Gasteiger partial charge is 0.317 e. The second kappa shape index (κ2) is 14.6. The van der Waals surface area contributed by atoms with Crippen molar-refractivity contribution in [2.75, 3.05) is 70.8 Å². The van der Waals surface area contributed by atoms with Crippen molar-refractivity contribution in [1.82, 2.24) is 30.3 Å². The van der Waals surface area contributed by atoms with Gasteiger partial charge in [0, 0.05) is 63.6 Å². The van der Waals surface area contributed by atoms with E-state index < -0.39 is 16.9 Å². The van der Waals surface area contributed by atoms with Crippen molar-refractivity contribution in [2.45, 2.75) is 19.4 Å². The summed E-state index contributed by atoms with van der Waals surface area (Å²) in [4.78, 5) is 39.9. The predicted molar refractivity (Wildman–Crippen MR) is 154 cm³/mol. The first-order valence-electron chi connectivity index (χ1n) is 13.8. The number of carboxylic acids is 2. The maximum absolute atomic E-state index is 11.4. The van der Waals surface area contributed by atoms with Gasteiger partial charge in [0.05, 0.1) is 23.7 Å². The normalized spacial score (nSPS) is 16.4. The van der Waals surface area contributed by atoms with Gasteiger partial charge in [0.25, 0.3) is 0 Å². The molecule has 4 rings (SSSR count). The van der Waals surface area contributed by atoms with E-state index in [9.17, 15) is 29.9 Å². The lowest BCUT2D eigenvalue weighted by Crippen LogP contribution is -2.47. The number of likely N-dealkylation sites (N-methyl/N-ethyl adjacent to an activating group) is 1. The molecule has 4 N–H and O–H groups in total. The van der Waals surface area contributed by atoms with Crippen LogP contribution < -0.4 is 10.6 Å². The molecule has 1 saturated heterocycles. The Balaban J connectivity index is 1.44. The largest absolute Gasteiger partial charge is 0.480 e. The van der Waals surface area contributed by atoms with Crippen molar-refractivity contribution >= 4 is 40.0 Å². The van der Waals surface area contributed by atoms with Crippen molar-refractivity contribution < 1.29 is 29.4 Å². The lowest BCUT2D eigenvalue weighted by atomic mass is 10.0. The Hall–Kier alpha value is -4.18. The number of benzene rings is 2. The van der Waals surface area contributed by atoms with Crippen LogP contribution in [0.5, 0.6) is 0 Å². The number of nitrogens with zero attached hydrogens (tertiary/aromatic N) is 6. The SMILES string of the molecule is CCN1CCN(CC(=O)O)CCN(CC(Cc2ccc(Nc3ccc([N+](=O)[O-])c4nonc34)cc2)NCC(=O)O)CC1. The van der Waals surface area contributed by atoms with Crippen LogP contribution in [-0.4, -0.2) is 124 Å². The number of non-ortho nitro benzene ring substituents is 1. The molecule has 2 aromatic carbocycles. The van der Waals surface area contributed by atoms with Crippen LogP contribution in [0.25, 0.3) is 11.0 Å². The molecule has 0 saturated carbocycles. The highest BCUT2D eigenvalue weighted by molar-refractivity contribution is 5.94. The van der Waals surface area contributed by atoms with E-state index >= 15 is 0 Å². The molecule has 0 radical (unpaired) electrons. The summed E-state index contributed by atoms with van der Waals surface area (Å²) in [5.41, 5.74) is 2.34. The first-order chi connectivity index (χ1) is 20.2. The van der Waals surface area contributed by atoms with E-state index in [1.165, 1.54) is 6.07 Å². The molecule has 0 amide bonds. The van der Waals surface area contributed by atoms with Crippen molar-refractivity contribution in [3.63, 3.8) is 0 Å². The molecular weight excluding hydrogens is 548 g/mol. The number of nitro benzene ring substituents is 1. The predicted octanol–water partition coefficient (Wildman–Crippen LogP) is 1.48. The molecule has 1 aromatic heterocycles. The Kier molecular flexibility index (Phi) is 10.7. The number of aromatic nitrogens is 2. The minimum atomic E-state index is -0.939. The van der Waals surface area contributed by atoms with E-state index in [2.05, 4.69) is 37.7 Å². The van der Waals surface area contributed by atoms with Gasteiger partial charge < -0.3 is 25.7 Å². The quantitative estimate of drug-likeness (QED) is 0.167. The summed E-state index contributed by atoms with van der Waals surface area (Å²) in [6.45, 7) is 7.81. The van der Waals surface area contributed by atoms with Crippen LogP contribution in [0.1, 0.15) is 12.5 Å². The van der Waals surface area contributed by atoms with Gasteiger partial charge in [-0.1, -0.05) is 19.1 Å². The molecule has 0 bridgehead atoms. The number of aliphatic carboxylic acids is 2. The van der Waals surface area contributed by atoms with Gasteiger partial charge >= 0.3 is 17.6 Å². The fraction of sp³-hybridized carbons (Fsp3) is 0.481. The van der Waals surface area contributed by atoms with E-state index in [-0.39, 0.29) is 35.9 Å². The molecule has 0 aliphatic carbocycles. The molecule has 1 aliphatic heterocycles. The number of carboxylic acid groups (broad SMARTS) is 2. The third kappa shape index (κ3) is 8.66. The van der Waals surface area contributed by atoms with Crippen LogP contribution in [0.3, 0.4) is 0 Å². The topological polar surface area (TPSA) is 190 Å². The van der Waals surface area contributed by atoms with Gasteiger partial charge in [0.2, 0.25) is 5.52 Å². The monoisotopic (exact) mass is 584 g/mol. The fourth-order valence-corrected chi connectivity index (χ4v) is 5.04. The Morgan fingerprint density at radius 2 is 1.60 bits per heavy atom. The maximum atomic E-state index is 11.4. The van der Waals surface area contributed by atoms with Gasteiger partial charge in [-0.15, -0.1) is 0 Å². The maximum Gasteiger partial charge on any atom is 0.317 e. The zero-order valence-electron chi connectivity index (χ0n) is 23.4. The molecule has 1 aliphatic rings. The van der Waals surface area contributed by atoms with Crippen LogP contribution in [0, 0.1) is 10.1 Å². The summed E-state index contributed by atoms with van der Waals surface area (Å²) in [6.07, 6.45) is 0.579. The first kappa shape index (κ1) is 30.8. The van der Waals surface area contributed by atoms with E-state index in [1.807, 2.05) is 29.2 Å². The van der Waals surface area contributed by atoms with Gasteiger partial charge in [0.15, 0.2) is 5.52 Å². The van der Waals surface area contributed by atoms with Gasteiger partial charge in [-0.3, -0.25) is 29.5 Å². The minimum absolute atomic E-state index is 0.00889. The average molecular weight is 585 g/mol. The molecule has 42 heavy (non-hydrogen) atoms. The Bertz CT molecular complexity index is 1370. The molecular formula is C27H36N8O7. The van der Waals surface area contributed by atoms with Gasteiger partial charge in [-0.2, -0.15) is 0 Å². The second-order valence-corrected chi connectivity index (χ2v) is 10.3. The van der Waals surface area contributed by atoms with Crippen molar-refractivity contribution in [2.24, 2.45) is 0 Å². The third-order valence-corrected chi connectivity index (χ3v) is 7.33. The summed E-state index contributed by atoms with van der Waals surface area (Å²) in [7, 11) is 0. The van der Waals surface area contributed by atoms with Crippen molar-refractivity contribution in [3.8, 4) is 0 Å². The van der Waals surface area contributed by atoms with Crippen LogP contribution in [0.4, 0.5) is 17.1 Å². The molecule has 1 atom stereocenters. The molecule has 15 nitrogen and oxygen atoms in total. The lowest BCUT2D eigenvalue weighted by Gasteiger charge is -2.29. The third-order valence-electron chi connectivity index (χ3n) is 7.33. The van der Waals surface area contributed by atoms with E-state index in [0.29, 0.717) is 38.3 Å². The molecule has 2 heterocycles. The Labute approximate surface area is 242 Å². The molecule has 1 fully saturated rings. The molecule has 15 heteroatoms.